The van der Waals surface area contributed by atoms with Gasteiger partial charge >= 0.3 is 0 Å². The lowest BCUT2D eigenvalue weighted by Gasteiger charge is -2.02. The van der Waals surface area contributed by atoms with E-state index in [9.17, 15) is 13.6 Å². The summed E-state index contributed by atoms with van der Waals surface area (Å²) in [4.78, 5) is 12.0. The van der Waals surface area contributed by atoms with Crippen LogP contribution in [0.4, 0.5) is 8.78 Å². The van der Waals surface area contributed by atoms with Crippen molar-refractivity contribution in [2.24, 2.45) is 0 Å². The number of unbranched alkanes of at least 4 members (excludes halogenated alkanes) is 3. The van der Waals surface area contributed by atoms with Crippen LogP contribution in [0, 0.1) is 11.6 Å². The molecule has 0 N–H and O–H groups in total. The Kier molecular flexibility index (Phi) is 6.86. The molecular formula is C21H22F2O. The monoisotopic (exact) mass is 328 g/mol. The van der Waals surface area contributed by atoms with Crippen LogP contribution in [0.1, 0.15) is 54.1 Å². The fourth-order valence-electron chi connectivity index (χ4n) is 2.54. The normalized spacial score (nSPS) is 11.1. The zero-order valence-electron chi connectivity index (χ0n) is 13.9. The Morgan fingerprint density at radius 1 is 0.958 bits per heavy atom. The molecule has 1 nitrogen and oxygen atoms in total. The summed E-state index contributed by atoms with van der Waals surface area (Å²) in [6, 6.07) is 11.3. The van der Waals surface area contributed by atoms with Gasteiger partial charge in [-0.2, -0.15) is 0 Å². The molecule has 0 aliphatic carbocycles. The maximum absolute atomic E-state index is 13.6. The number of hydrogen-bond acceptors (Lipinski definition) is 1. The molecule has 0 heterocycles. The number of hydrogen-bond donors (Lipinski definition) is 0. The van der Waals surface area contributed by atoms with Gasteiger partial charge in [0.05, 0.1) is 5.56 Å². The van der Waals surface area contributed by atoms with Crippen LogP contribution in [0.15, 0.2) is 48.5 Å². The Hall–Kier alpha value is -2.29. The van der Waals surface area contributed by atoms with Crippen molar-refractivity contribution in [2.75, 3.05) is 0 Å². The number of aryl methyl sites for hydroxylation is 1. The van der Waals surface area contributed by atoms with Gasteiger partial charge in [-0.15, -0.1) is 0 Å². The largest absolute Gasteiger partial charge is 0.289 e. The summed E-state index contributed by atoms with van der Waals surface area (Å²) >= 11 is 0. The summed E-state index contributed by atoms with van der Waals surface area (Å²) in [5, 5.41) is 0. The number of allylic oxidation sites excluding steroid dienone is 1. The first-order valence-electron chi connectivity index (χ1n) is 8.37. The quantitative estimate of drug-likeness (QED) is 0.331. The van der Waals surface area contributed by atoms with E-state index >= 15 is 0 Å². The summed E-state index contributed by atoms with van der Waals surface area (Å²) < 4.78 is 27.1. The van der Waals surface area contributed by atoms with Crippen molar-refractivity contribution in [3.8, 4) is 0 Å². The highest BCUT2D eigenvalue weighted by atomic mass is 19.1. The summed E-state index contributed by atoms with van der Waals surface area (Å²) in [7, 11) is 0. The van der Waals surface area contributed by atoms with Gasteiger partial charge in [0.1, 0.15) is 11.6 Å². The maximum atomic E-state index is 13.6. The first kappa shape index (κ1) is 18.1. The van der Waals surface area contributed by atoms with E-state index in [-0.39, 0.29) is 0 Å². The topological polar surface area (TPSA) is 17.1 Å². The number of carbonyl (C=O) groups excluding carboxylic acids is 1. The molecule has 0 aliphatic rings. The Bertz CT molecular complexity index is 682. The lowest BCUT2D eigenvalue weighted by molar-refractivity contribution is 0.104. The number of rotatable bonds is 8. The summed E-state index contributed by atoms with van der Waals surface area (Å²) in [6.07, 6.45) is 8.72. The number of halogens is 2. The minimum Gasteiger partial charge on any atom is -0.289 e. The third-order valence-electron chi connectivity index (χ3n) is 3.94. The van der Waals surface area contributed by atoms with Gasteiger partial charge in [-0.1, -0.05) is 62.6 Å². The molecule has 0 radical (unpaired) electrons. The molecule has 2 aromatic rings. The lowest BCUT2D eigenvalue weighted by Crippen LogP contribution is -2.02. The van der Waals surface area contributed by atoms with Crippen LogP contribution < -0.4 is 0 Å². The zero-order valence-corrected chi connectivity index (χ0v) is 13.9. The molecule has 2 rings (SSSR count). The van der Waals surface area contributed by atoms with Crippen LogP contribution in [0.3, 0.4) is 0 Å². The molecule has 0 atom stereocenters. The van der Waals surface area contributed by atoms with E-state index < -0.39 is 23.0 Å². The molecule has 0 spiro atoms. The van der Waals surface area contributed by atoms with Crippen LogP contribution in [-0.4, -0.2) is 5.78 Å². The van der Waals surface area contributed by atoms with Gasteiger partial charge in [-0.05, 0) is 42.2 Å². The van der Waals surface area contributed by atoms with E-state index in [0.29, 0.717) is 0 Å². The highest BCUT2D eigenvalue weighted by Gasteiger charge is 2.14. The van der Waals surface area contributed by atoms with E-state index in [4.69, 9.17) is 0 Å². The van der Waals surface area contributed by atoms with Crippen molar-refractivity contribution >= 4 is 11.9 Å². The number of benzene rings is 2. The second-order valence-corrected chi connectivity index (χ2v) is 5.85. The van der Waals surface area contributed by atoms with Crippen molar-refractivity contribution in [2.45, 2.75) is 39.0 Å². The lowest BCUT2D eigenvalue weighted by atomic mass is 10.0. The van der Waals surface area contributed by atoms with Crippen molar-refractivity contribution in [3.05, 3.63) is 76.9 Å². The molecule has 2 aromatic carbocycles. The van der Waals surface area contributed by atoms with Gasteiger partial charge in [-0.25, -0.2) is 8.78 Å². The number of carbonyl (C=O) groups is 1. The average molecular weight is 328 g/mol. The van der Waals surface area contributed by atoms with E-state index in [2.05, 4.69) is 6.92 Å². The Balaban J connectivity index is 1.98. The standard InChI is InChI=1S/C21H22F2O/c1-2-3-4-5-7-16-10-12-17(13-11-16)14-15-20(24)21-18(22)8-6-9-19(21)23/h6,8-15H,2-5,7H2,1H3. The molecule has 0 amide bonds. The highest BCUT2D eigenvalue weighted by molar-refractivity contribution is 6.07. The SMILES string of the molecule is CCCCCCc1ccc(C=CC(=O)c2c(F)cccc2F)cc1. The van der Waals surface area contributed by atoms with E-state index in [1.807, 2.05) is 24.3 Å². The van der Waals surface area contributed by atoms with Crippen molar-refractivity contribution < 1.29 is 13.6 Å². The summed E-state index contributed by atoms with van der Waals surface area (Å²) in [5.74, 6) is -2.35. The number of ketones is 1. The predicted molar refractivity (Wildman–Crippen MR) is 94.0 cm³/mol. The molecule has 0 aromatic heterocycles. The van der Waals surface area contributed by atoms with Gasteiger partial charge in [0.2, 0.25) is 0 Å². The Morgan fingerprint density at radius 2 is 1.62 bits per heavy atom. The van der Waals surface area contributed by atoms with E-state index in [0.717, 1.165) is 24.1 Å². The van der Waals surface area contributed by atoms with Crippen LogP contribution >= 0.6 is 0 Å². The van der Waals surface area contributed by atoms with Gasteiger partial charge in [0.15, 0.2) is 5.78 Å². The molecular weight excluding hydrogens is 306 g/mol. The molecule has 0 bridgehead atoms. The minimum atomic E-state index is -0.841. The van der Waals surface area contributed by atoms with Crippen LogP contribution in [0.5, 0.6) is 0 Å². The van der Waals surface area contributed by atoms with Gasteiger partial charge in [0, 0.05) is 0 Å². The van der Waals surface area contributed by atoms with Gasteiger partial charge in [-0.3, -0.25) is 4.79 Å². The predicted octanol–water partition coefficient (Wildman–Crippen LogP) is 5.98. The smallest absolute Gasteiger partial charge is 0.191 e. The van der Waals surface area contributed by atoms with Crippen LogP contribution in [0.25, 0.3) is 6.08 Å². The minimum absolute atomic E-state index is 0.513. The third kappa shape index (κ3) is 5.12. The van der Waals surface area contributed by atoms with Crippen molar-refractivity contribution in [3.63, 3.8) is 0 Å². The third-order valence-corrected chi connectivity index (χ3v) is 3.94. The molecule has 0 saturated carbocycles. The van der Waals surface area contributed by atoms with Crippen LogP contribution in [0.2, 0.25) is 0 Å². The Labute approximate surface area is 142 Å². The van der Waals surface area contributed by atoms with E-state index in [1.165, 1.54) is 43.4 Å². The van der Waals surface area contributed by atoms with Gasteiger partial charge < -0.3 is 0 Å². The molecule has 126 valence electrons. The fourth-order valence-corrected chi connectivity index (χ4v) is 2.54. The van der Waals surface area contributed by atoms with Crippen molar-refractivity contribution in [1.82, 2.24) is 0 Å². The average Bonchev–Trinajstić information content (AvgIpc) is 2.58. The molecule has 24 heavy (non-hydrogen) atoms. The van der Waals surface area contributed by atoms with Crippen molar-refractivity contribution in [1.29, 1.82) is 0 Å². The summed E-state index contributed by atoms with van der Waals surface area (Å²) in [5.41, 5.74) is 1.58. The maximum Gasteiger partial charge on any atom is 0.191 e. The zero-order chi connectivity index (χ0) is 17.4. The Morgan fingerprint density at radius 3 is 2.25 bits per heavy atom. The first-order chi connectivity index (χ1) is 11.6. The summed E-state index contributed by atoms with van der Waals surface area (Å²) in [6.45, 7) is 2.19. The highest BCUT2D eigenvalue weighted by Crippen LogP contribution is 2.15. The second kappa shape index (κ2) is 9.11. The first-order valence-corrected chi connectivity index (χ1v) is 8.37. The molecule has 0 aliphatic heterocycles. The molecule has 0 unspecified atom stereocenters. The molecule has 3 heteroatoms. The fraction of sp³-hybridized carbons (Fsp3) is 0.286. The molecule has 0 saturated heterocycles. The second-order valence-electron chi connectivity index (χ2n) is 5.85. The van der Waals surface area contributed by atoms with Gasteiger partial charge in [0.25, 0.3) is 0 Å². The molecule has 0 fully saturated rings. The van der Waals surface area contributed by atoms with Crippen LogP contribution in [-0.2, 0) is 6.42 Å². The van der Waals surface area contributed by atoms with E-state index in [1.54, 1.807) is 6.08 Å².